The Morgan fingerprint density at radius 2 is 2.10 bits per heavy atom. The van der Waals surface area contributed by atoms with E-state index in [0.29, 0.717) is 19.0 Å². The Morgan fingerprint density at radius 3 is 2.75 bits per heavy atom. The summed E-state index contributed by atoms with van der Waals surface area (Å²) in [6, 6.07) is 8.74. The minimum atomic E-state index is -0.500. The van der Waals surface area contributed by atoms with Crippen LogP contribution in [0.15, 0.2) is 34.9 Å². The van der Waals surface area contributed by atoms with Crippen LogP contribution in [0.25, 0.3) is 11.3 Å². The molecule has 1 aromatic carbocycles. The molecule has 0 aliphatic rings. The van der Waals surface area contributed by atoms with Crippen molar-refractivity contribution >= 4 is 5.91 Å². The van der Waals surface area contributed by atoms with E-state index in [2.05, 4.69) is 5.16 Å². The zero-order valence-electron chi connectivity index (χ0n) is 11.0. The zero-order chi connectivity index (χ0) is 14.4. The molecule has 1 amide bonds. The third-order valence-corrected chi connectivity index (χ3v) is 2.57. The van der Waals surface area contributed by atoms with Crippen molar-refractivity contribution in [2.45, 2.75) is 0 Å². The molecule has 3 N–H and O–H groups in total. The molecule has 20 heavy (non-hydrogen) atoms. The molecule has 7 nitrogen and oxygen atoms in total. The highest BCUT2D eigenvalue weighted by Gasteiger charge is 2.12. The van der Waals surface area contributed by atoms with Gasteiger partial charge in [0.25, 0.3) is 5.91 Å². The van der Waals surface area contributed by atoms with E-state index >= 15 is 0 Å². The fraction of sp³-hybridized carbons (Fsp3) is 0.231. The number of rotatable bonds is 6. The number of carbonyl (C=O) groups is 1. The lowest BCUT2D eigenvalue weighted by Crippen LogP contribution is -2.30. The molecule has 2 aromatic rings. The molecule has 0 unspecified atom stereocenters. The maximum absolute atomic E-state index is 11.3. The number of hydrazine groups is 1. The van der Waals surface area contributed by atoms with Gasteiger partial charge in [-0.05, 0) is 24.3 Å². The fourth-order valence-electron chi connectivity index (χ4n) is 1.55. The molecule has 0 saturated carbocycles. The van der Waals surface area contributed by atoms with Gasteiger partial charge in [0.15, 0.2) is 11.5 Å². The molecular formula is C13H15N3O4. The minimum absolute atomic E-state index is 0.128. The highest BCUT2D eigenvalue weighted by atomic mass is 16.5. The molecule has 0 radical (unpaired) electrons. The van der Waals surface area contributed by atoms with E-state index in [1.165, 1.54) is 6.07 Å². The Hall–Kier alpha value is -2.38. The Kier molecular flexibility index (Phi) is 4.70. The van der Waals surface area contributed by atoms with Crippen molar-refractivity contribution in [1.82, 2.24) is 10.6 Å². The summed E-state index contributed by atoms with van der Waals surface area (Å²) in [5.74, 6) is 5.73. The first-order valence-electron chi connectivity index (χ1n) is 5.94. The van der Waals surface area contributed by atoms with Crippen LogP contribution in [0.5, 0.6) is 5.75 Å². The number of ether oxygens (including phenoxy) is 2. The summed E-state index contributed by atoms with van der Waals surface area (Å²) in [5.41, 5.74) is 2.90. The van der Waals surface area contributed by atoms with E-state index in [9.17, 15) is 4.79 Å². The number of carbonyl (C=O) groups excluding carboxylic acids is 1. The number of nitrogens with zero attached hydrogens (tertiary/aromatic N) is 1. The number of benzene rings is 1. The van der Waals surface area contributed by atoms with Gasteiger partial charge in [-0.3, -0.25) is 10.2 Å². The van der Waals surface area contributed by atoms with E-state index in [0.717, 1.165) is 11.3 Å². The summed E-state index contributed by atoms with van der Waals surface area (Å²) in [5, 5.41) is 3.63. The Balaban J connectivity index is 2.06. The number of aromatic nitrogens is 1. The molecule has 0 atom stereocenters. The third kappa shape index (κ3) is 3.34. The van der Waals surface area contributed by atoms with Gasteiger partial charge in [0.1, 0.15) is 12.4 Å². The zero-order valence-corrected chi connectivity index (χ0v) is 11.0. The van der Waals surface area contributed by atoms with Crippen molar-refractivity contribution in [3.63, 3.8) is 0 Å². The molecular weight excluding hydrogens is 262 g/mol. The van der Waals surface area contributed by atoms with Crippen LogP contribution in [0.1, 0.15) is 10.5 Å². The third-order valence-electron chi connectivity index (χ3n) is 2.57. The number of nitrogens with two attached hydrogens (primary N) is 1. The summed E-state index contributed by atoms with van der Waals surface area (Å²) >= 11 is 0. The topological polar surface area (TPSA) is 99.6 Å². The van der Waals surface area contributed by atoms with Crippen LogP contribution in [0.3, 0.4) is 0 Å². The predicted octanol–water partition coefficient (Wildman–Crippen LogP) is 0.970. The minimum Gasteiger partial charge on any atom is -0.491 e. The first-order valence-corrected chi connectivity index (χ1v) is 5.94. The van der Waals surface area contributed by atoms with Crippen LogP contribution in [-0.4, -0.2) is 31.4 Å². The fourth-order valence-corrected chi connectivity index (χ4v) is 1.55. The molecule has 0 saturated heterocycles. The Bertz CT molecular complexity index is 565. The molecule has 1 aromatic heterocycles. The number of nitrogens with one attached hydrogen (secondary N) is 1. The van der Waals surface area contributed by atoms with Crippen molar-refractivity contribution in [1.29, 1.82) is 0 Å². The lowest BCUT2D eigenvalue weighted by atomic mass is 10.1. The second-order valence-corrected chi connectivity index (χ2v) is 3.92. The number of nitrogen functional groups attached to an aromatic ring is 1. The molecule has 0 aliphatic carbocycles. The molecule has 2 rings (SSSR count). The molecule has 7 heteroatoms. The van der Waals surface area contributed by atoms with Gasteiger partial charge in [0.2, 0.25) is 0 Å². The van der Waals surface area contributed by atoms with Crippen LogP contribution in [0, 0.1) is 0 Å². The van der Waals surface area contributed by atoms with Crippen LogP contribution < -0.4 is 16.0 Å². The number of methoxy groups -OCH3 is 1. The van der Waals surface area contributed by atoms with Crippen LogP contribution in [-0.2, 0) is 4.74 Å². The molecule has 106 valence electrons. The standard InChI is InChI=1S/C13H15N3O4/c1-18-6-7-19-10-4-2-9(3-5-10)12-8-11(16-20-12)13(17)15-14/h2-5,8H,6-7,14H2,1H3,(H,15,17). The van der Waals surface area contributed by atoms with E-state index in [4.69, 9.17) is 19.8 Å². The first kappa shape index (κ1) is 14.0. The quantitative estimate of drug-likeness (QED) is 0.353. The molecule has 0 aliphatic heterocycles. The number of hydrogen-bond donors (Lipinski definition) is 2. The van der Waals surface area contributed by atoms with Crippen LogP contribution in [0.4, 0.5) is 0 Å². The van der Waals surface area contributed by atoms with E-state index < -0.39 is 5.91 Å². The van der Waals surface area contributed by atoms with Crippen LogP contribution in [0.2, 0.25) is 0 Å². The van der Waals surface area contributed by atoms with Crippen molar-refractivity contribution in [2.75, 3.05) is 20.3 Å². The van der Waals surface area contributed by atoms with Gasteiger partial charge in [0, 0.05) is 18.7 Å². The first-order chi connectivity index (χ1) is 9.74. The van der Waals surface area contributed by atoms with Gasteiger partial charge in [-0.25, -0.2) is 5.84 Å². The second kappa shape index (κ2) is 6.69. The second-order valence-electron chi connectivity index (χ2n) is 3.92. The van der Waals surface area contributed by atoms with Crippen molar-refractivity contribution in [2.24, 2.45) is 5.84 Å². The maximum Gasteiger partial charge on any atom is 0.287 e. The smallest absolute Gasteiger partial charge is 0.287 e. The van der Waals surface area contributed by atoms with Gasteiger partial charge in [0.05, 0.1) is 6.61 Å². The molecule has 1 heterocycles. The summed E-state index contributed by atoms with van der Waals surface area (Å²) < 4.78 is 15.4. The number of hydrogen-bond acceptors (Lipinski definition) is 6. The van der Waals surface area contributed by atoms with Gasteiger partial charge >= 0.3 is 0 Å². The average Bonchev–Trinajstić information content (AvgIpc) is 2.97. The normalized spacial score (nSPS) is 10.3. The van der Waals surface area contributed by atoms with E-state index in [1.807, 2.05) is 17.6 Å². The molecule has 0 bridgehead atoms. The van der Waals surface area contributed by atoms with Gasteiger partial charge in [-0.15, -0.1) is 0 Å². The van der Waals surface area contributed by atoms with Gasteiger partial charge in [-0.1, -0.05) is 5.16 Å². The Labute approximate surface area is 115 Å². The predicted molar refractivity (Wildman–Crippen MR) is 71.0 cm³/mol. The average molecular weight is 277 g/mol. The summed E-state index contributed by atoms with van der Waals surface area (Å²) in [4.78, 5) is 11.3. The van der Waals surface area contributed by atoms with Crippen molar-refractivity contribution in [3.05, 3.63) is 36.0 Å². The summed E-state index contributed by atoms with van der Waals surface area (Å²) in [7, 11) is 1.62. The van der Waals surface area contributed by atoms with Crippen LogP contribution >= 0.6 is 0 Å². The van der Waals surface area contributed by atoms with Gasteiger partial charge in [-0.2, -0.15) is 0 Å². The monoisotopic (exact) mass is 277 g/mol. The number of amides is 1. The van der Waals surface area contributed by atoms with E-state index in [-0.39, 0.29) is 5.69 Å². The maximum atomic E-state index is 11.3. The van der Waals surface area contributed by atoms with E-state index in [1.54, 1.807) is 19.2 Å². The lowest BCUT2D eigenvalue weighted by molar-refractivity contribution is 0.0944. The Morgan fingerprint density at radius 1 is 1.35 bits per heavy atom. The van der Waals surface area contributed by atoms with Crippen molar-refractivity contribution in [3.8, 4) is 17.1 Å². The largest absolute Gasteiger partial charge is 0.491 e. The van der Waals surface area contributed by atoms with Gasteiger partial charge < -0.3 is 14.0 Å². The molecule has 0 spiro atoms. The summed E-state index contributed by atoms with van der Waals surface area (Å²) in [6.07, 6.45) is 0. The highest BCUT2D eigenvalue weighted by molar-refractivity contribution is 5.92. The SMILES string of the molecule is COCCOc1ccc(-c2cc(C(=O)NN)no2)cc1. The summed E-state index contributed by atoms with van der Waals surface area (Å²) in [6.45, 7) is 1.01. The molecule has 0 fully saturated rings. The lowest BCUT2D eigenvalue weighted by Gasteiger charge is -2.05. The van der Waals surface area contributed by atoms with Crippen molar-refractivity contribution < 1.29 is 18.8 Å². The highest BCUT2D eigenvalue weighted by Crippen LogP contribution is 2.23.